The van der Waals surface area contributed by atoms with Gasteiger partial charge in [-0.05, 0) is 30.5 Å². The van der Waals surface area contributed by atoms with Gasteiger partial charge in [-0.1, -0.05) is 24.5 Å². The Morgan fingerprint density at radius 3 is 2.29 bits per heavy atom. The van der Waals surface area contributed by atoms with Crippen LogP contribution in [-0.4, -0.2) is 6.54 Å². The molecule has 0 unspecified atom stereocenters. The fourth-order valence-electron chi connectivity index (χ4n) is 2.13. The van der Waals surface area contributed by atoms with E-state index in [2.05, 4.69) is 18.1 Å². The molecule has 0 amide bonds. The summed E-state index contributed by atoms with van der Waals surface area (Å²) in [4.78, 5) is 0. The van der Waals surface area contributed by atoms with E-state index in [9.17, 15) is 0 Å². The molecule has 0 bridgehead atoms. The lowest BCUT2D eigenvalue weighted by molar-refractivity contribution is 0.253. The molecule has 1 aliphatic carbocycles. The first-order valence-electron chi connectivity index (χ1n) is 5.08. The van der Waals surface area contributed by atoms with Crippen LogP contribution in [0, 0.1) is 12.3 Å². The maximum absolute atomic E-state index is 5.83. The van der Waals surface area contributed by atoms with E-state index in [1.165, 1.54) is 24.8 Å². The summed E-state index contributed by atoms with van der Waals surface area (Å²) >= 11 is 0. The van der Waals surface area contributed by atoms with E-state index in [1.807, 2.05) is 12.1 Å². The Morgan fingerprint density at radius 2 is 1.93 bits per heavy atom. The van der Waals surface area contributed by atoms with Gasteiger partial charge in [0.2, 0.25) is 0 Å². The van der Waals surface area contributed by atoms with Crippen molar-refractivity contribution in [3.63, 3.8) is 0 Å². The molecule has 0 spiro atoms. The number of hydrogen-bond donors (Lipinski definition) is 1. The number of benzene rings is 1. The number of rotatable bonds is 2. The molecule has 1 saturated carbocycles. The van der Waals surface area contributed by atoms with E-state index in [-0.39, 0.29) is 5.41 Å². The highest BCUT2D eigenvalue weighted by molar-refractivity contribution is 5.38. The van der Waals surface area contributed by atoms with Crippen LogP contribution in [0.2, 0.25) is 0 Å². The maximum atomic E-state index is 5.83. The SMILES string of the molecule is C#Cc1ccc(C2(CN)CCC2)cc1. The van der Waals surface area contributed by atoms with Crippen LogP contribution in [0.5, 0.6) is 0 Å². The minimum atomic E-state index is 0.257. The highest BCUT2D eigenvalue weighted by atomic mass is 14.6. The van der Waals surface area contributed by atoms with Crippen LogP contribution in [0.15, 0.2) is 24.3 Å². The second-order valence-corrected chi connectivity index (χ2v) is 4.06. The predicted molar refractivity (Wildman–Crippen MR) is 59.0 cm³/mol. The molecule has 14 heavy (non-hydrogen) atoms. The Morgan fingerprint density at radius 1 is 1.29 bits per heavy atom. The van der Waals surface area contributed by atoms with Crippen LogP contribution in [-0.2, 0) is 5.41 Å². The van der Waals surface area contributed by atoms with Crippen molar-refractivity contribution in [1.82, 2.24) is 0 Å². The number of terminal acetylenes is 1. The van der Waals surface area contributed by atoms with Crippen LogP contribution >= 0.6 is 0 Å². The summed E-state index contributed by atoms with van der Waals surface area (Å²) in [6, 6.07) is 8.26. The average molecular weight is 185 g/mol. The minimum Gasteiger partial charge on any atom is -0.330 e. The summed E-state index contributed by atoms with van der Waals surface area (Å²) in [5, 5.41) is 0. The molecule has 1 aromatic rings. The number of nitrogens with two attached hydrogens (primary N) is 1. The third-order valence-corrected chi connectivity index (χ3v) is 3.37. The molecule has 72 valence electrons. The van der Waals surface area contributed by atoms with Gasteiger partial charge in [-0.2, -0.15) is 0 Å². The van der Waals surface area contributed by atoms with Gasteiger partial charge in [0.25, 0.3) is 0 Å². The van der Waals surface area contributed by atoms with Crippen molar-refractivity contribution in [2.24, 2.45) is 5.73 Å². The smallest absolute Gasteiger partial charge is 0.0242 e. The first-order chi connectivity index (χ1) is 6.80. The highest BCUT2D eigenvalue weighted by Gasteiger charge is 2.36. The standard InChI is InChI=1S/C13H15N/c1-2-11-4-6-12(7-5-11)13(10-14)8-3-9-13/h1,4-7H,3,8-10,14H2. The Labute approximate surface area is 85.3 Å². The summed E-state index contributed by atoms with van der Waals surface area (Å²) < 4.78 is 0. The van der Waals surface area contributed by atoms with Gasteiger partial charge in [-0.15, -0.1) is 6.42 Å². The molecule has 1 fully saturated rings. The van der Waals surface area contributed by atoms with Gasteiger partial charge < -0.3 is 5.73 Å². The van der Waals surface area contributed by atoms with Crippen molar-refractivity contribution in [2.45, 2.75) is 24.7 Å². The maximum Gasteiger partial charge on any atom is 0.0242 e. The Balaban J connectivity index is 2.29. The van der Waals surface area contributed by atoms with Crippen molar-refractivity contribution in [3.8, 4) is 12.3 Å². The Kier molecular flexibility index (Phi) is 2.31. The molecule has 0 saturated heterocycles. The van der Waals surface area contributed by atoms with E-state index in [0.717, 1.165) is 12.1 Å². The molecule has 1 aliphatic rings. The van der Waals surface area contributed by atoms with Crippen molar-refractivity contribution in [3.05, 3.63) is 35.4 Å². The predicted octanol–water partition coefficient (Wildman–Crippen LogP) is 2.05. The van der Waals surface area contributed by atoms with Crippen LogP contribution in [0.3, 0.4) is 0 Å². The van der Waals surface area contributed by atoms with Crippen molar-refractivity contribution in [1.29, 1.82) is 0 Å². The monoisotopic (exact) mass is 185 g/mol. The zero-order valence-electron chi connectivity index (χ0n) is 8.29. The zero-order valence-corrected chi connectivity index (χ0v) is 8.29. The second-order valence-electron chi connectivity index (χ2n) is 4.06. The lowest BCUT2D eigenvalue weighted by atomic mass is 9.64. The van der Waals surface area contributed by atoms with E-state index in [4.69, 9.17) is 12.2 Å². The van der Waals surface area contributed by atoms with Gasteiger partial charge in [-0.25, -0.2) is 0 Å². The molecular weight excluding hydrogens is 170 g/mol. The lowest BCUT2D eigenvalue weighted by Gasteiger charge is -2.41. The summed E-state index contributed by atoms with van der Waals surface area (Å²) in [5.74, 6) is 2.63. The van der Waals surface area contributed by atoms with Crippen LogP contribution in [0.4, 0.5) is 0 Å². The molecule has 0 atom stereocenters. The molecule has 0 aromatic heterocycles. The quantitative estimate of drug-likeness (QED) is 0.701. The van der Waals surface area contributed by atoms with Gasteiger partial charge in [0, 0.05) is 17.5 Å². The van der Waals surface area contributed by atoms with E-state index in [0.29, 0.717) is 0 Å². The number of hydrogen-bond acceptors (Lipinski definition) is 1. The fourth-order valence-corrected chi connectivity index (χ4v) is 2.13. The molecule has 2 rings (SSSR count). The van der Waals surface area contributed by atoms with E-state index >= 15 is 0 Å². The first kappa shape index (κ1) is 9.30. The highest BCUT2D eigenvalue weighted by Crippen LogP contribution is 2.42. The molecular formula is C13H15N. The van der Waals surface area contributed by atoms with Crippen LogP contribution in [0.1, 0.15) is 30.4 Å². The molecule has 0 radical (unpaired) electrons. The molecule has 0 aliphatic heterocycles. The Bertz CT molecular complexity index is 346. The third-order valence-electron chi connectivity index (χ3n) is 3.37. The summed E-state index contributed by atoms with van der Waals surface area (Å²) in [6.07, 6.45) is 9.06. The minimum absolute atomic E-state index is 0.257. The van der Waals surface area contributed by atoms with Crippen LogP contribution < -0.4 is 5.73 Å². The van der Waals surface area contributed by atoms with Crippen LogP contribution in [0.25, 0.3) is 0 Å². The van der Waals surface area contributed by atoms with Gasteiger partial charge in [0.1, 0.15) is 0 Å². The summed E-state index contributed by atoms with van der Waals surface area (Å²) in [6.45, 7) is 0.752. The second kappa shape index (κ2) is 3.48. The molecule has 1 heteroatoms. The largest absolute Gasteiger partial charge is 0.330 e. The van der Waals surface area contributed by atoms with E-state index in [1.54, 1.807) is 0 Å². The lowest BCUT2D eigenvalue weighted by Crippen LogP contribution is -2.41. The fraction of sp³-hybridized carbons (Fsp3) is 0.385. The summed E-state index contributed by atoms with van der Waals surface area (Å²) in [7, 11) is 0. The first-order valence-corrected chi connectivity index (χ1v) is 5.08. The zero-order chi connectivity index (χ0) is 10.0. The normalized spacial score (nSPS) is 18.3. The molecule has 2 N–H and O–H groups in total. The molecule has 1 nitrogen and oxygen atoms in total. The van der Waals surface area contributed by atoms with Crippen molar-refractivity contribution in [2.75, 3.05) is 6.54 Å². The van der Waals surface area contributed by atoms with Crippen molar-refractivity contribution >= 4 is 0 Å². The topological polar surface area (TPSA) is 26.0 Å². The Hall–Kier alpha value is -1.26. The van der Waals surface area contributed by atoms with E-state index < -0.39 is 0 Å². The van der Waals surface area contributed by atoms with Gasteiger partial charge in [-0.3, -0.25) is 0 Å². The molecule has 0 heterocycles. The van der Waals surface area contributed by atoms with Gasteiger partial charge >= 0.3 is 0 Å². The summed E-state index contributed by atoms with van der Waals surface area (Å²) in [5.41, 5.74) is 8.38. The van der Waals surface area contributed by atoms with Gasteiger partial charge in [0.15, 0.2) is 0 Å². The average Bonchev–Trinajstić information content (AvgIpc) is 2.18. The van der Waals surface area contributed by atoms with Gasteiger partial charge in [0.05, 0.1) is 0 Å². The molecule has 1 aromatic carbocycles. The third kappa shape index (κ3) is 1.32. The van der Waals surface area contributed by atoms with Crippen molar-refractivity contribution < 1.29 is 0 Å².